The van der Waals surface area contributed by atoms with Crippen LogP contribution < -0.4 is 15.2 Å². The van der Waals surface area contributed by atoms with E-state index < -0.39 is 11.8 Å². The summed E-state index contributed by atoms with van der Waals surface area (Å²) in [5, 5.41) is 1.66. The molecule has 0 saturated carbocycles. The average molecular weight is 563 g/mol. The minimum atomic E-state index is -0.496. The molecule has 1 aliphatic rings. The second-order valence-corrected chi connectivity index (χ2v) is 8.90. The molecule has 0 aliphatic carbocycles. The van der Waals surface area contributed by atoms with Crippen LogP contribution in [0.2, 0.25) is 5.02 Å². The van der Waals surface area contributed by atoms with E-state index in [9.17, 15) is 9.59 Å². The summed E-state index contributed by atoms with van der Waals surface area (Å²) in [7, 11) is 0. The van der Waals surface area contributed by atoms with Crippen LogP contribution in [0.4, 0.5) is 5.69 Å². The number of ether oxygens (including phenoxy) is 1. The summed E-state index contributed by atoms with van der Waals surface area (Å²) in [5.74, 6) is -0.464. The van der Waals surface area contributed by atoms with Gasteiger partial charge in [0.15, 0.2) is 0 Å². The van der Waals surface area contributed by atoms with Crippen LogP contribution in [0.5, 0.6) is 5.75 Å². The Bertz CT molecular complexity index is 1180. The van der Waals surface area contributed by atoms with E-state index in [0.29, 0.717) is 33.1 Å². The van der Waals surface area contributed by atoms with E-state index in [1.54, 1.807) is 36.4 Å². The number of hydrogen-bond acceptors (Lipinski definition) is 3. The summed E-state index contributed by atoms with van der Waals surface area (Å²) in [6.45, 7) is 0.306. The molecule has 156 valence electrons. The maximum Gasteiger partial charge on any atom is 0.282 e. The Morgan fingerprint density at radius 1 is 1.00 bits per heavy atom. The highest BCUT2D eigenvalue weighted by molar-refractivity contribution is 9.10. The molecule has 3 aromatic carbocycles. The lowest BCUT2D eigenvalue weighted by atomic mass is 10.1. The number of nitrogens with one attached hydrogen (secondary N) is 1. The Labute approximate surface area is 200 Å². The molecule has 0 atom stereocenters. The van der Waals surface area contributed by atoms with Crippen molar-refractivity contribution in [1.29, 1.82) is 0 Å². The predicted octanol–water partition coefficient (Wildman–Crippen LogP) is 5.91. The second kappa shape index (κ2) is 9.26. The summed E-state index contributed by atoms with van der Waals surface area (Å²) in [4.78, 5) is 25.4. The molecule has 3 aromatic rings. The number of rotatable bonds is 5. The van der Waals surface area contributed by atoms with Gasteiger partial charge in [-0.2, -0.15) is 0 Å². The van der Waals surface area contributed by atoms with E-state index in [2.05, 4.69) is 37.3 Å². The SMILES string of the molecule is O=C1NN(c2ccccc2)C(=O)/C1=C\c1cc(Cl)cc(Br)c1OCc1ccc(Br)cc1. The molecule has 31 heavy (non-hydrogen) atoms. The molecule has 1 N–H and O–H groups in total. The number of hydrazine groups is 1. The maximum atomic E-state index is 12.9. The highest BCUT2D eigenvalue weighted by Crippen LogP contribution is 2.35. The number of para-hydroxylation sites is 1. The van der Waals surface area contributed by atoms with Gasteiger partial charge in [-0.05, 0) is 64.0 Å². The van der Waals surface area contributed by atoms with Gasteiger partial charge in [0.05, 0.1) is 10.2 Å². The largest absolute Gasteiger partial charge is 0.487 e. The first kappa shape index (κ1) is 21.6. The first-order valence-electron chi connectivity index (χ1n) is 9.21. The Morgan fingerprint density at radius 3 is 2.42 bits per heavy atom. The topological polar surface area (TPSA) is 58.6 Å². The van der Waals surface area contributed by atoms with E-state index in [4.69, 9.17) is 16.3 Å². The van der Waals surface area contributed by atoms with Crippen molar-refractivity contribution >= 4 is 67.0 Å². The molecule has 0 aromatic heterocycles. The number of benzene rings is 3. The Hall–Kier alpha value is -2.61. The fourth-order valence-electron chi connectivity index (χ4n) is 3.05. The lowest BCUT2D eigenvalue weighted by Crippen LogP contribution is -2.35. The maximum absolute atomic E-state index is 12.9. The van der Waals surface area contributed by atoms with Gasteiger partial charge in [-0.1, -0.05) is 57.9 Å². The summed E-state index contributed by atoms with van der Waals surface area (Å²) in [6, 6.07) is 20.0. The number of carbonyl (C=O) groups is 2. The fraction of sp³-hybridized carbons (Fsp3) is 0.0435. The zero-order valence-electron chi connectivity index (χ0n) is 15.9. The van der Waals surface area contributed by atoms with Crippen LogP contribution >= 0.6 is 43.5 Å². The Balaban J connectivity index is 1.65. The van der Waals surface area contributed by atoms with Crippen molar-refractivity contribution in [3.8, 4) is 5.75 Å². The van der Waals surface area contributed by atoms with E-state index in [1.807, 2.05) is 30.3 Å². The molecule has 2 amide bonds. The van der Waals surface area contributed by atoms with Crippen molar-refractivity contribution in [2.45, 2.75) is 6.61 Å². The Morgan fingerprint density at radius 2 is 1.71 bits per heavy atom. The van der Waals surface area contributed by atoms with Crippen LogP contribution in [-0.4, -0.2) is 11.8 Å². The molecule has 8 heteroatoms. The van der Waals surface area contributed by atoms with Gasteiger partial charge in [-0.15, -0.1) is 0 Å². The number of carbonyl (C=O) groups excluding carboxylic acids is 2. The standard InChI is InChI=1S/C23H15Br2ClN2O3/c24-16-8-6-14(7-9-16)13-31-21-15(10-17(26)12-20(21)25)11-19-22(29)27-28(23(19)30)18-4-2-1-3-5-18/h1-12H,13H2,(H,27,29)/b19-11-. The third kappa shape index (κ3) is 4.84. The lowest BCUT2D eigenvalue weighted by molar-refractivity contribution is -0.117. The van der Waals surface area contributed by atoms with Gasteiger partial charge in [0.25, 0.3) is 11.8 Å². The molecule has 0 bridgehead atoms. The van der Waals surface area contributed by atoms with Crippen LogP contribution in [0.15, 0.2) is 81.2 Å². The number of anilines is 1. The van der Waals surface area contributed by atoms with Crippen LogP contribution in [0, 0.1) is 0 Å². The van der Waals surface area contributed by atoms with Crippen LogP contribution in [-0.2, 0) is 16.2 Å². The van der Waals surface area contributed by atoms with Crippen LogP contribution in [0.3, 0.4) is 0 Å². The van der Waals surface area contributed by atoms with Gasteiger partial charge in [0, 0.05) is 15.1 Å². The molecule has 5 nitrogen and oxygen atoms in total. The normalized spacial score (nSPS) is 14.8. The second-order valence-electron chi connectivity index (χ2n) is 6.70. The Kier molecular flexibility index (Phi) is 6.46. The van der Waals surface area contributed by atoms with Crippen molar-refractivity contribution in [3.05, 3.63) is 97.4 Å². The van der Waals surface area contributed by atoms with Gasteiger partial charge in [0.1, 0.15) is 17.9 Å². The van der Waals surface area contributed by atoms with E-state index >= 15 is 0 Å². The molecule has 1 aliphatic heterocycles. The predicted molar refractivity (Wildman–Crippen MR) is 128 cm³/mol. The first-order valence-corrected chi connectivity index (χ1v) is 11.2. The number of hydrogen-bond donors (Lipinski definition) is 1. The van der Waals surface area contributed by atoms with E-state index in [0.717, 1.165) is 10.0 Å². The molecule has 1 heterocycles. The van der Waals surface area contributed by atoms with Crippen molar-refractivity contribution in [2.24, 2.45) is 0 Å². The number of halogens is 3. The molecular formula is C23H15Br2ClN2O3. The smallest absolute Gasteiger partial charge is 0.282 e. The quantitative estimate of drug-likeness (QED) is 0.311. The van der Waals surface area contributed by atoms with Crippen molar-refractivity contribution in [3.63, 3.8) is 0 Å². The van der Waals surface area contributed by atoms with Crippen molar-refractivity contribution in [1.82, 2.24) is 5.43 Å². The van der Waals surface area contributed by atoms with Crippen molar-refractivity contribution < 1.29 is 14.3 Å². The van der Waals surface area contributed by atoms with Crippen LogP contribution in [0.1, 0.15) is 11.1 Å². The highest BCUT2D eigenvalue weighted by atomic mass is 79.9. The number of nitrogens with zero attached hydrogens (tertiary/aromatic N) is 1. The van der Waals surface area contributed by atoms with Gasteiger partial charge in [-0.25, -0.2) is 5.01 Å². The van der Waals surface area contributed by atoms with Gasteiger partial charge in [-0.3, -0.25) is 15.0 Å². The average Bonchev–Trinajstić information content (AvgIpc) is 3.03. The monoisotopic (exact) mass is 560 g/mol. The molecule has 1 saturated heterocycles. The minimum absolute atomic E-state index is 0.00786. The van der Waals surface area contributed by atoms with Gasteiger partial charge >= 0.3 is 0 Å². The third-order valence-corrected chi connectivity index (χ3v) is 5.88. The minimum Gasteiger partial charge on any atom is -0.487 e. The molecular weight excluding hydrogens is 548 g/mol. The fourth-order valence-corrected chi connectivity index (χ4v) is 4.26. The van der Waals surface area contributed by atoms with Gasteiger partial charge < -0.3 is 4.74 Å². The molecule has 0 radical (unpaired) electrons. The first-order chi connectivity index (χ1) is 14.9. The zero-order valence-corrected chi connectivity index (χ0v) is 19.9. The lowest BCUT2D eigenvalue weighted by Gasteiger charge is -2.14. The van der Waals surface area contributed by atoms with E-state index in [1.165, 1.54) is 11.1 Å². The zero-order chi connectivity index (χ0) is 22.0. The van der Waals surface area contributed by atoms with Crippen LogP contribution in [0.25, 0.3) is 6.08 Å². The highest BCUT2D eigenvalue weighted by Gasteiger charge is 2.34. The van der Waals surface area contributed by atoms with Gasteiger partial charge in [0.2, 0.25) is 0 Å². The van der Waals surface area contributed by atoms with Crippen molar-refractivity contribution in [2.75, 3.05) is 5.01 Å². The summed E-state index contributed by atoms with van der Waals surface area (Å²) in [5.41, 5.74) is 4.64. The molecule has 0 spiro atoms. The summed E-state index contributed by atoms with van der Waals surface area (Å²) in [6.07, 6.45) is 1.49. The molecule has 0 unspecified atom stereocenters. The third-order valence-electron chi connectivity index (χ3n) is 4.54. The van der Waals surface area contributed by atoms with E-state index in [-0.39, 0.29) is 5.57 Å². The molecule has 4 rings (SSSR count). The summed E-state index contributed by atoms with van der Waals surface area (Å²) >= 11 is 13.1. The molecule has 1 fully saturated rings. The number of amides is 2. The summed E-state index contributed by atoms with van der Waals surface area (Å²) < 4.78 is 7.61.